The lowest BCUT2D eigenvalue weighted by atomic mass is 10.1. The van der Waals surface area contributed by atoms with Crippen molar-refractivity contribution in [2.24, 2.45) is 0 Å². The average Bonchev–Trinajstić information content (AvgIpc) is 3.19. The molecule has 4 aromatic carbocycles. The van der Waals surface area contributed by atoms with E-state index in [0.29, 0.717) is 0 Å². The molecule has 0 aromatic heterocycles. The number of aryl methyl sites for hydroxylation is 2. The van der Waals surface area contributed by atoms with Gasteiger partial charge in [-0.2, -0.15) is 0 Å². The summed E-state index contributed by atoms with van der Waals surface area (Å²) in [6.07, 6.45) is 2.01. The van der Waals surface area contributed by atoms with Gasteiger partial charge in [0.1, 0.15) is 0 Å². The minimum absolute atomic E-state index is 0.832. The highest BCUT2D eigenvalue weighted by Crippen LogP contribution is 2.45. The van der Waals surface area contributed by atoms with Gasteiger partial charge in [-0.1, -0.05) is 78.9 Å². The molecule has 0 radical (unpaired) electrons. The van der Waals surface area contributed by atoms with Gasteiger partial charge in [0.05, 0.1) is 0 Å². The molecule has 0 heterocycles. The van der Waals surface area contributed by atoms with Crippen LogP contribution in [-0.4, -0.2) is 13.1 Å². The standard InChI is InChI=1S/C26H25O2PSi/c1-30(2,28)24-18-16-20-14-13-19-15-17-23(26(24)25(19)20)29(27,21-9-5-3-6-10-21)22-11-7-4-8-12-22/h3-12,15-18,28H,13-14H2,1-2H3. The summed E-state index contributed by atoms with van der Waals surface area (Å²) in [5, 5.41) is 5.74. The van der Waals surface area contributed by atoms with E-state index in [0.717, 1.165) is 39.3 Å². The zero-order valence-corrected chi connectivity index (χ0v) is 19.2. The molecule has 1 N–H and O–H groups in total. The lowest BCUT2D eigenvalue weighted by Crippen LogP contribution is -2.44. The van der Waals surface area contributed by atoms with Gasteiger partial charge in [-0.05, 0) is 59.1 Å². The molecule has 0 saturated heterocycles. The van der Waals surface area contributed by atoms with E-state index in [1.54, 1.807) is 0 Å². The molecule has 150 valence electrons. The zero-order valence-electron chi connectivity index (χ0n) is 17.3. The van der Waals surface area contributed by atoms with Gasteiger partial charge in [0.15, 0.2) is 7.14 Å². The lowest BCUT2D eigenvalue weighted by Gasteiger charge is -2.26. The molecule has 0 fully saturated rings. The number of rotatable bonds is 4. The summed E-state index contributed by atoms with van der Waals surface area (Å²) in [4.78, 5) is 11.2. The predicted octanol–water partition coefficient (Wildman–Crippen LogP) is 3.98. The van der Waals surface area contributed by atoms with E-state index in [-0.39, 0.29) is 0 Å². The summed E-state index contributed by atoms with van der Waals surface area (Å²) in [5.41, 5.74) is 2.60. The Hall–Kier alpha value is -2.45. The van der Waals surface area contributed by atoms with Gasteiger partial charge in [0, 0.05) is 15.9 Å². The van der Waals surface area contributed by atoms with Crippen molar-refractivity contribution < 1.29 is 9.36 Å². The molecule has 30 heavy (non-hydrogen) atoms. The molecule has 0 bridgehead atoms. The van der Waals surface area contributed by atoms with Crippen LogP contribution in [0.3, 0.4) is 0 Å². The van der Waals surface area contributed by atoms with E-state index in [1.807, 2.05) is 73.8 Å². The summed E-state index contributed by atoms with van der Waals surface area (Å²) in [6, 6.07) is 28.1. The molecule has 0 spiro atoms. The Morgan fingerprint density at radius 3 is 1.70 bits per heavy atom. The van der Waals surface area contributed by atoms with Crippen LogP contribution in [0.25, 0.3) is 10.8 Å². The fourth-order valence-electron chi connectivity index (χ4n) is 4.79. The van der Waals surface area contributed by atoms with Crippen LogP contribution >= 0.6 is 7.14 Å². The van der Waals surface area contributed by atoms with E-state index >= 15 is 4.57 Å². The van der Waals surface area contributed by atoms with Crippen molar-refractivity contribution in [3.63, 3.8) is 0 Å². The predicted molar refractivity (Wildman–Crippen MR) is 130 cm³/mol. The Morgan fingerprint density at radius 1 is 0.700 bits per heavy atom. The average molecular weight is 429 g/mol. The van der Waals surface area contributed by atoms with E-state index in [1.165, 1.54) is 16.5 Å². The van der Waals surface area contributed by atoms with Crippen LogP contribution in [0.2, 0.25) is 13.1 Å². The van der Waals surface area contributed by atoms with Crippen LogP contribution in [0, 0.1) is 0 Å². The van der Waals surface area contributed by atoms with E-state index < -0.39 is 15.5 Å². The van der Waals surface area contributed by atoms with Crippen LogP contribution < -0.4 is 21.1 Å². The van der Waals surface area contributed by atoms with Gasteiger partial charge in [-0.3, -0.25) is 0 Å². The molecule has 2 nitrogen and oxygen atoms in total. The maximum Gasteiger partial charge on any atom is 0.214 e. The zero-order chi connectivity index (χ0) is 20.9. The Labute approximate surface area is 178 Å². The first-order valence-corrected chi connectivity index (χ1v) is 15.1. The van der Waals surface area contributed by atoms with Crippen molar-refractivity contribution in [1.29, 1.82) is 0 Å². The highest BCUT2D eigenvalue weighted by Gasteiger charge is 2.36. The van der Waals surface area contributed by atoms with Crippen LogP contribution in [0.4, 0.5) is 0 Å². The normalized spacial score (nSPS) is 13.7. The number of benzene rings is 4. The van der Waals surface area contributed by atoms with Gasteiger partial charge in [-0.15, -0.1) is 0 Å². The van der Waals surface area contributed by atoms with Crippen molar-refractivity contribution in [2.45, 2.75) is 25.9 Å². The summed E-state index contributed by atoms with van der Waals surface area (Å²) < 4.78 is 15.1. The van der Waals surface area contributed by atoms with E-state index in [9.17, 15) is 4.80 Å². The summed E-state index contributed by atoms with van der Waals surface area (Å²) in [5.74, 6) is 0. The van der Waals surface area contributed by atoms with Crippen molar-refractivity contribution in [1.82, 2.24) is 0 Å². The molecule has 5 rings (SSSR count). The Morgan fingerprint density at radius 2 is 1.20 bits per heavy atom. The van der Waals surface area contributed by atoms with Crippen LogP contribution in [0.1, 0.15) is 11.1 Å². The highest BCUT2D eigenvalue weighted by molar-refractivity contribution is 7.85. The first-order chi connectivity index (χ1) is 14.4. The largest absolute Gasteiger partial charge is 0.428 e. The monoisotopic (exact) mass is 428 g/mol. The third kappa shape index (κ3) is 2.92. The molecule has 1 aliphatic rings. The van der Waals surface area contributed by atoms with Crippen LogP contribution in [0.15, 0.2) is 84.9 Å². The Balaban J connectivity index is 1.95. The van der Waals surface area contributed by atoms with Gasteiger partial charge in [0.2, 0.25) is 8.32 Å². The SMILES string of the molecule is C[Si](C)(O)c1ccc2c3c(ccc(P(=O)(c4ccccc4)c4ccccc4)c13)CC2. The molecule has 4 heteroatoms. The summed E-state index contributed by atoms with van der Waals surface area (Å²) in [7, 11) is -5.77. The van der Waals surface area contributed by atoms with Gasteiger partial charge in [-0.25, -0.2) is 0 Å². The Kier molecular flexibility index (Phi) is 4.59. The Bertz CT molecular complexity index is 1240. The fourth-order valence-corrected chi connectivity index (χ4v) is 9.12. The smallest absolute Gasteiger partial charge is 0.214 e. The van der Waals surface area contributed by atoms with Crippen molar-refractivity contribution in [3.8, 4) is 0 Å². The number of hydrogen-bond acceptors (Lipinski definition) is 2. The molecule has 1 aliphatic carbocycles. The minimum atomic E-state index is -3.12. The topological polar surface area (TPSA) is 37.3 Å². The summed E-state index contributed by atoms with van der Waals surface area (Å²) in [6.45, 7) is 3.90. The van der Waals surface area contributed by atoms with Crippen LogP contribution in [-0.2, 0) is 17.4 Å². The van der Waals surface area contributed by atoms with E-state index in [4.69, 9.17) is 0 Å². The molecule has 0 amide bonds. The van der Waals surface area contributed by atoms with Crippen LogP contribution in [0.5, 0.6) is 0 Å². The van der Waals surface area contributed by atoms with Crippen molar-refractivity contribution in [2.75, 3.05) is 0 Å². The molecule has 0 unspecified atom stereocenters. The molecular formula is C26H25O2PSi. The van der Waals surface area contributed by atoms with E-state index in [2.05, 4.69) is 24.3 Å². The second kappa shape index (κ2) is 7.06. The van der Waals surface area contributed by atoms with Crippen molar-refractivity contribution in [3.05, 3.63) is 96.1 Å². The lowest BCUT2D eigenvalue weighted by molar-refractivity contribution is 0.569. The third-order valence-electron chi connectivity index (χ3n) is 6.21. The number of hydrogen-bond donors (Lipinski definition) is 1. The van der Waals surface area contributed by atoms with Crippen molar-refractivity contribution >= 4 is 47.3 Å². The maximum absolute atomic E-state index is 15.1. The first-order valence-electron chi connectivity index (χ1n) is 10.4. The fraction of sp³-hybridized carbons (Fsp3) is 0.154. The van der Waals surface area contributed by atoms with Gasteiger partial charge >= 0.3 is 0 Å². The molecule has 0 aliphatic heterocycles. The molecule has 4 aromatic rings. The third-order valence-corrected chi connectivity index (χ3v) is 11.0. The van der Waals surface area contributed by atoms with Gasteiger partial charge in [0.25, 0.3) is 0 Å². The molecule has 0 saturated carbocycles. The summed E-state index contributed by atoms with van der Waals surface area (Å²) >= 11 is 0. The van der Waals surface area contributed by atoms with Gasteiger partial charge < -0.3 is 9.36 Å². The maximum atomic E-state index is 15.1. The minimum Gasteiger partial charge on any atom is -0.428 e. The highest BCUT2D eigenvalue weighted by atomic mass is 31.2. The molecule has 0 atom stereocenters. The second-order valence-corrected chi connectivity index (χ2v) is 15.0. The first kappa shape index (κ1) is 19.5. The molecular weight excluding hydrogens is 403 g/mol. The quantitative estimate of drug-likeness (QED) is 0.394. The second-order valence-electron chi connectivity index (χ2n) is 8.61.